The molecule has 1 atom stereocenters. The Balaban J connectivity index is 3.84. The molecule has 0 aliphatic carbocycles. The first-order chi connectivity index (χ1) is 7.47. The molecule has 92 valence electrons. The van der Waals surface area contributed by atoms with Crippen LogP contribution >= 0.6 is 0 Å². The molecular weight excluding hydrogens is 212 g/mol. The first-order valence-electron chi connectivity index (χ1n) is 5.21. The van der Waals surface area contributed by atoms with Crippen molar-refractivity contribution in [2.24, 2.45) is 5.92 Å². The van der Waals surface area contributed by atoms with E-state index in [1.54, 1.807) is 6.92 Å². The van der Waals surface area contributed by atoms with E-state index in [4.69, 9.17) is 5.11 Å². The van der Waals surface area contributed by atoms with E-state index in [1.165, 1.54) is 6.92 Å². The molecule has 6 heteroatoms. The number of carboxylic acids is 1. The van der Waals surface area contributed by atoms with Gasteiger partial charge in [-0.25, -0.2) is 0 Å². The summed E-state index contributed by atoms with van der Waals surface area (Å²) in [5.41, 5.74) is 0. The fourth-order valence-corrected chi connectivity index (χ4v) is 1.20. The smallest absolute Gasteiger partial charge is 0.304 e. The van der Waals surface area contributed by atoms with Crippen LogP contribution in [0.3, 0.4) is 0 Å². The Bertz CT molecular complexity index is 266. The second-order valence-electron chi connectivity index (χ2n) is 3.48. The van der Waals surface area contributed by atoms with E-state index >= 15 is 0 Å². The Labute approximate surface area is 94.4 Å². The summed E-state index contributed by atoms with van der Waals surface area (Å²) in [6.07, 6.45) is 0.320. The van der Waals surface area contributed by atoms with Gasteiger partial charge in [0.15, 0.2) is 0 Å². The maximum atomic E-state index is 11.5. The van der Waals surface area contributed by atoms with Crippen LogP contribution < -0.4 is 10.6 Å². The summed E-state index contributed by atoms with van der Waals surface area (Å²) >= 11 is 0. The summed E-state index contributed by atoms with van der Waals surface area (Å²) in [5, 5.41) is 13.7. The van der Waals surface area contributed by atoms with Gasteiger partial charge < -0.3 is 15.7 Å². The van der Waals surface area contributed by atoms with Crippen molar-refractivity contribution in [3.8, 4) is 0 Å². The number of carboxylic acid groups (broad SMARTS) is 1. The minimum atomic E-state index is -0.983. The molecule has 0 saturated heterocycles. The lowest BCUT2D eigenvalue weighted by Gasteiger charge is -2.12. The summed E-state index contributed by atoms with van der Waals surface area (Å²) in [6, 6.07) is 0. The molecule has 0 heterocycles. The van der Waals surface area contributed by atoms with E-state index in [1.807, 2.05) is 0 Å². The third-order valence-electron chi connectivity index (χ3n) is 2.08. The average molecular weight is 230 g/mol. The number of rotatable bonds is 7. The van der Waals surface area contributed by atoms with Crippen LogP contribution in [-0.2, 0) is 14.4 Å². The van der Waals surface area contributed by atoms with Crippen LogP contribution in [0.1, 0.15) is 26.7 Å². The number of nitrogens with one attached hydrogen (secondary N) is 2. The third-order valence-corrected chi connectivity index (χ3v) is 2.08. The molecule has 0 saturated carbocycles. The zero-order valence-electron chi connectivity index (χ0n) is 9.58. The molecule has 6 nitrogen and oxygen atoms in total. The lowest BCUT2D eigenvalue weighted by atomic mass is 10.0. The Morgan fingerprint density at radius 2 is 1.75 bits per heavy atom. The molecule has 0 aromatic rings. The Morgan fingerprint density at radius 3 is 2.19 bits per heavy atom. The van der Waals surface area contributed by atoms with E-state index < -0.39 is 11.9 Å². The highest BCUT2D eigenvalue weighted by Crippen LogP contribution is 2.07. The summed E-state index contributed by atoms with van der Waals surface area (Å²) in [5.74, 6) is -1.93. The number of hydrogen-bond acceptors (Lipinski definition) is 3. The zero-order valence-corrected chi connectivity index (χ0v) is 9.58. The Hall–Kier alpha value is -1.59. The van der Waals surface area contributed by atoms with Crippen LogP contribution in [0.15, 0.2) is 0 Å². The van der Waals surface area contributed by atoms with Gasteiger partial charge in [-0.1, -0.05) is 6.92 Å². The number of amides is 2. The maximum absolute atomic E-state index is 11.5. The Morgan fingerprint density at radius 1 is 1.19 bits per heavy atom. The van der Waals surface area contributed by atoms with Gasteiger partial charge in [-0.05, 0) is 6.42 Å². The van der Waals surface area contributed by atoms with Crippen LogP contribution in [0.5, 0.6) is 0 Å². The second kappa shape index (κ2) is 7.67. The molecule has 1 unspecified atom stereocenters. The van der Waals surface area contributed by atoms with Gasteiger partial charge in [-0.15, -0.1) is 0 Å². The monoisotopic (exact) mass is 230 g/mol. The van der Waals surface area contributed by atoms with Gasteiger partial charge in [0.05, 0.1) is 6.42 Å². The average Bonchev–Trinajstić information content (AvgIpc) is 2.20. The van der Waals surface area contributed by atoms with Crippen LogP contribution in [0, 0.1) is 5.92 Å². The van der Waals surface area contributed by atoms with E-state index in [0.717, 1.165) is 0 Å². The summed E-state index contributed by atoms with van der Waals surface area (Å²) < 4.78 is 0. The van der Waals surface area contributed by atoms with Crippen molar-refractivity contribution in [3.05, 3.63) is 0 Å². The minimum Gasteiger partial charge on any atom is -0.481 e. The highest BCUT2D eigenvalue weighted by atomic mass is 16.4. The number of hydrogen-bond donors (Lipinski definition) is 3. The van der Waals surface area contributed by atoms with E-state index in [2.05, 4.69) is 10.6 Å². The molecule has 2 amide bonds. The molecule has 0 aliphatic rings. The standard InChI is InChI=1S/C10H18N2O4/c1-3-8(6-9(14)15)10(16)12-5-4-11-7(2)13/h8H,3-6H2,1-2H3,(H,11,13)(H,12,16)(H,14,15). The molecule has 0 aliphatic heterocycles. The van der Waals surface area contributed by atoms with Gasteiger partial charge in [0.25, 0.3) is 0 Å². The number of aliphatic carboxylic acids is 1. The number of carbonyl (C=O) groups is 3. The van der Waals surface area contributed by atoms with Gasteiger partial charge >= 0.3 is 5.97 Å². The van der Waals surface area contributed by atoms with Gasteiger partial charge in [0, 0.05) is 25.9 Å². The van der Waals surface area contributed by atoms with Crippen molar-refractivity contribution in [1.29, 1.82) is 0 Å². The molecule has 0 spiro atoms. The molecule has 16 heavy (non-hydrogen) atoms. The van der Waals surface area contributed by atoms with Gasteiger partial charge in [-0.2, -0.15) is 0 Å². The molecular formula is C10H18N2O4. The molecule has 0 bridgehead atoms. The highest BCUT2D eigenvalue weighted by molar-refractivity contribution is 5.83. The largest absolute Gasteiger partial charge is 0.481 e. The van der Waals surface area contributed by atoms with Gasteiger partial charge in [0.1, 0.15) is 0 Å². The normalized spacial score (nSPS) is 11.6. The van der Waals surface area contributed by atoms with Crippen molar-refractivity contribution in [1.82, 2.24) is 10.6 Å². The SMILES string of the molecule is CCC(CC(=O)O)C(=O)NCCNC(C)=O. The van der Waals surface area contributed by atoms with E-state index in [-0.39, 0.29) is 18.2 Å². The molecule has 0 aromatic carbocycles. The van der Waals surface area contributed by atoms with Gasteiger partial charge in [-0.3, -0.25) is 14.4 Å². The highest BCUT2D eigenvalue weighted by Gasteiger charge is 2.18. The fraction of sp³-hybridized carbons (Fsp3) is 0.700. The molecule has 0 aromatic heterocycles. The summed E-state index contributed by atoms with van der Waals surface area (Å²) in [4.78, 5) is 32.4. The maximum Gasteiger partial charge on any atom is 0.304 e. The lowest BCUT2D eigenvalue weighted by Crippen LogP contribution is -2.37. The van der Waals surface area contributed by atoms with Crippen molar-refractivity contribution in [2.45, 2.75) is 26.7 Å². The number of carbonyl (C=O) groups excluding carboxylic acids is 2. The van der Waals surface area contributed by atoms with Crippen LogP contribution in [0.2, 0.25) is 0 Å². The minimum absolute atomic E-state index is 0.160. The first-order valence-corrected chi connectivity index (χ1v) is 5.21. The predicted molar refractivity (Wildman–Crippen MR) is 57.7 cm³/mol. The second-order valence-corrected chi connectivity index (χ2v) is 3.48. The van der Waals surface area contributed by atoms with Crippen LogP contribution in [0.25, 0.3) is 0 Å². The van der Waals surface area contributed by atoms with Crippen LogP contribution in [0.4, 0.5) is 0 Å². The van der Waals surface area contributed by atoms with Crippen LogP contribution in [-0.4, -0.2) is 36.0 Å². The fourth-order valence-electron chi connectivity index (χ4n) is 1.20. The third kappa shape index (κ3) is 6.80. The van der Waals surface area contributed by atoms with Crippen molar-refractivity contribution in [2.75, 3.05) is 13.1 Å². The summed E-state index contributed by atoms with van der Waals surface area (Å²) in [7, 11) is 0. The van der Waals surface area contributed by atoms with Crippen molar-refractivity contribution < 1.29 is 19.5 Å². The van der Waals surface area contributed by atoms with E-state index in [0.29, 0.717) is 19.5 Å². The van der Waals surface area contributed by atoms with Crippen molar-refractivity contribution in [3.63, 3.8) is 0 Å². The van der Waals surface area contributed by atoms with Crippen molar-refractivity contribution >= 4 is 17.8 Å². The predicted octanol–water partition coefficient (Wildman–Crippen LogP) is -0.260. The lowest BCUT2D eigenvalue weighted by molar-refractivity contribution is -0.141. The zero-order chi connectivity index (χ0) is 12.6. The quantitative estimate of drug-likeness (QED) is 0.525. The molecule has 0 radical (unpaired) electrons. The topological polar surface area (TPSA) is 95.5 Å². The van der Waals surface area contributed by atoms with E-state index in [9.17, 15) is 14.4 Å². The molecule has 3 N–H and O–H groups in total. The Kier molecular flexibility index (Phi) is 6.91. The molecule has 0 fully saturated rings. The first kappa shape index (κ1) is 14.4. The van der Waals surface area contributed by atoms with Gasteiger partial charge in [0.2, 0.25) is 11.8 Å². The summed E-state index contributed by atoms with van der Waals surface area (Å²) in [6.45, 7) is 3.82. The molecule has 0 rings (SSSR count).